The SMILES string of the molecule is Cc1cccc(CN)c1OC1CCOC2(CCOC2)C1. The Morgan fingerprint density at radius 2 is 2.30 bits per heavy atom. The molecule has 2 unspecified atom stereocenters. The summed E-state index contributed by atoms with van der Waals surface area (Å²) in [6, 6.07) is 6.14. The highest BCUT2D eigenvalue weighted by molar-refractivity contribution is 5.40. The molecule has 0 aromatic heterocycles. The van der Waals surface area contributed by atoms with Gasteiger partial charge >= 0.3 is 0 Å². The predicted octanol–water partition coefficient (Wildman–Crippen LogP) is 2.17. The van der Waals surface area contributed by atoms with Gasteiger partial charge in [0, 0.05) is 38.0 Å². The van der Waals surface area contributed by atoms with Gasteiger partial charge < -0.3 is 19.9 Å². The van der Waals surface area contributed by atoms with Crippen LogP contribution in [-0.4, -0.2) is 31.5 Å². The number of hydrogen-bond donors (Lipinski definition) is 1. The lowest BCUT2D eigenvalue weighted by Gasteiger charge is -2.37. The highest BCUT2D eigenvalue weighted by Crippen LogP contribution is 2.35. The molecule has 0 bridgehead atoms. The molecule has 1 aromatic rings. The van der Waals surface area contributed by atoms with Crippen LogP contribution in [0.2, 0.25) is 0 Å². The third-order valence-electron chi connectivity index (χ3n) is 4.31. The van der Waals surface area contributed by atoms with Gasteiger partial charge in [0.25, 0.3) is 0 Å². The third kappa shape index (κ3) is 2.68. The van der Waals surface area contributed by atoms with Gasteiger partial charge in [0.15, 0.2) is 0 Å². The molecule has 2 aliphatic rings. The summed E-state index contributed by atoms with van der Waals surface area (Å²) in [5, 5.41) is 0. The molecule has 2 atom stereocenters. The number of rotatable bonds is 3. The molecule has 0 amide bonds. The standard InChI is InChI=1S/C16H23NO3/c1-12-3-2-4-13(10-17)15(12)20-14-5-7-19-16(9-14)6-8-18-11-16/h2-4,14H,5-11,17H2,1H3. The van der Waals surface area contributed by atoms with Crippen molar-refractivity contribution in [3.05, 3.63) is 29.3 Å². The van der Waals surface area contributed by atoms with E-state index in [4.69, 9.17) is 19.9 Å². The van der Waals surface area contributed by atoms with Gasteiger partial charge in [-0.2, -0.15) is 0 Å². The van der Waals surface area contributed by atoms with Crippen LogP contribution in [-0.2, 0) is 16.0 Å². The lowest BCUT2D eigenvalue weighted by atomic mass is 9.91. The van der Waals surface area contributed by atoms with Crippen molar-refractivity contribution in [2.24, 2.45) is 5.73 Å². The molecule has 20 heavy (non-hydrogen) atoms. The Labute approximate surface area is 120 Å². The van der Waals surface area contributed by atoms with E-state index in [1.165, 1.54) is 0 Å². The highest BCUT2D eigenvalue weighted by Gasteiger charge is 2.42. The Morgan fingerprint density at radius 3 is 3.05 bits per heavy atom. The van der Waals surface area contributed by atoms with Crippen LogP contribution in [0.3, 0.4) is 0 Å². The lowest BCUT2D eigenvalue weighted by Crippen LogP contribution is -2.44. The first-order valence-electron chi connectivity index (χ1n) is 7.39. The van der Waals surface area contributed by atoms with Crippen LogP contribution in [0, 0.1) is 6.92 Å². The van der Waals surface area contributed by atoms with Crippen LogP contribution in [0.1, 0.15) is 30.4 Å². The highest BCUT2D eigenvalue weighted by atomic mass is 16.6. The lowest BCUT2D eigenvalue weighted by molar-refractivity contribution is -0.112. The second kappa shape index (κ2) is 5.72. The monoisotopic (exact) mass is 277 g/mol. The molecule has 3 rings (SSSR count). The molecule has 110 valence electrons. The predicted molar refractivity (Wildman–Crippen MR) is 76.8 cm³/mol. The van der Waals surface area contributed by atoms with Gasteiger partial charge in [0.1, 0.15) is 11.9 Å². The minimum absolute atomic E-state index is 0.117. The van der Waals surface area contributed by atoms with E-state index in [9.17, 15) is 0 Å². The number of aryl methyl sites for hydroxylation is 1. The largest absolute Gasteiger partial charge is 0.490 e. The van der Waals surface area contributed by atoms with Gasteiger partial charge in [0.05, 0.1) is 18.8 Å². The second-order valence-corrected chi connectivity index (χ2v) is 5.83. The summed E-state index contributed by atoms with van der Waals surface area (Å²) in [6.07, 6.45) is 3.01. The van der Waals surface area contributed by atoms with Gasteiger partial charge in [-0.05, 0) is 12.5 Å². The summed E-state index contributed by atoms with van der Waals surface area (Å²) in [4.78, 5) is 0. The van der Waals surface area contributed by atoms with Crippen molar-refractivity contribution in [3.63, 3.8) is 0 Å². The molecule has 4 heteroatoms. The molecule has 0 aliphatic carbocycles. The first-order chi connectivity index (χ1) is 9.72. The molecular formula is C16H23NO3. The average molecular weight is 277 g/mol. The van der Waals surface area contributed by atoms with Crippen molar-refractivity contribution in [2.75, 3.05) is 19.8 Å². The fraction of sp³-hybridized carbons (Fsp3) is 0.625. The van der Waals surface area contributed by atoms with Crippen LogP contribution in [0.25, 0.3) is 0 Å². The topological polar surface area (TPSA) is 53.7 Å². The van der Waals surface area contributed by atoms with Crippen LogP contribution in [0.15, 0.2) is 18.2 Å². The fourth-order valence-electron chi connectivity index (χ4n) is 3.16. The summed E-state index contributed by atoms with van der Waals surface area (Å²) in [5.41, 5.74) is 7.93. The van der Waals surface area contributed by atoms with E-state index in [2.05, 4.69) is 13.0 Å². The summed E-state index contributed by atoms with van der Waals surface area (Å²) >= 11 is 0. The van der Waals surface area contributed by atoms with E-state index in [0.29, 0.717) is 13.2 Å². The minimum Gasteiger partial charge on any atom is -0.490 e. The maximum Gasteiger partial charge on any atom is 0.127 e. The Kier molecular flexibility index (Phi) is 3.96. The fourth-order valence-corrected chi connectivity index (χ4v) is 3.16. The molecule has 2 N–H and O–H groups in total. The van der Waals surface area contributed by atoms with Crippen molar-refractivity contribution in [1.29, 1.82) is 0 Å². The summed E-state index contributed by atoms with van der Waals surface area (Å²) < 4.78 is 17.7. The maximum atomic E-state index is 6.28. The molecule has 0 radical (unpaired) electrons. The third-order valence-corrected chi connectivity index (χ3v) is 4.31. The van der Waals surface area contributed by atoms with Gasteiger partial charge in [-0.15, -0.1) is 0 Å². The number of nitrogens with two attached hydrogens (primary N) is 1. The molecule has 1 spiro atoms. The number of para-hydroxylation sites is 1. The number of ether oxygens (including phenoxy) is 3. The quantitative estimate of drug-likeness (QED) is 0.920. The summed E-state index contributed by atoms with van der Waals surface area (Å²) in [7, 11) is 0. The second-order valence-electron chi connectivity index (χ2n) is 5.83. The van der Waals surface area contributed by atoms with Crippen molar-refractivity contribution in [1.82, 2.24) is 0 Å². The van der Waals surface area contributed by atoms with Crippen LogP contribution in [0.4, 0.5) is 0 Å². The van der Waals surface area contributed by atoms with Gasteiger partial charge in [-0.3, -0.25) is 0 Å². The zero-order valence-electron chi connectivity index (χ0n) is 12.1. The van der Waals surface area contributed by atoms with Crippen molar-refractivity contribution in [2.45, 2.75) is 44.4 Å². The minimum atomic E-state index is -0.117. The Balaban J connectivity index is 1.74. The zero-order valence-corrected chi connectivity index (χ0v) is 12.1. The van der Waals surface area contributed by atoms with Crippen LogP contribution >= 0.6 is 0 Å². The Hall–Kier alpha value is -1.10. The van der Waals surface area contributed by atoms with Gasteiger partial charge in [0.2, 0.25) is 0 Å². The first-order valence-corrected chi connectivity index (χ1v) is 7.39. The molecular weight excluding hydrogens is 254 g/mol. The molecule has 2 heterocycles. The summed E-state index contributed by atoms with van der Waals surface area (Å²) in [6.45, 7) is 4.82. The Bertz CT molecular complexity index is 469. The molecule has 2 saturated heterocycles. The number of benzene rings is 1. The van der Waals surface area contributed by atoms with Crippen LogP contribution in [0.5, 0.6) is 5.75 Å². The zero-order chi connectivity index (χ0) is 14.0. The Morgan fingerprint density at radius 1 is 1.40 bits per heavy atom. The van der Waals surface area contributed by atoms with E-state index in [0.717, 1.165) is 49.4 Å². The van der Waals surface area contributed by atoms with Gasteiger partial charge in [-0.1, -0.05) is 18.2 Å². The normalized spacial score (nSPS) is 29.8. The van der Waals surface area contributed by atoms with Crippen molar-refractivity contribution < 1.29 is 14.2 Å². The molecule has 4 nitrogen and oxygen atoms in total. The summed E-state index contributed by atoms with van der Waals surface area (Å²) in [5.74, 6) is 0.955. The molecule has 2 fully saturated rings. The van der Waals surface area contributed by atoms with Crippen LogP contribution < -0.4 is 10.5 Å². The van der Waals surface area contributed by atoms with Crippen molar-refractivity contribution in [3.8, 4) is 5.75 Å². The average Bonchev–Trinajstić information content (AvgIpc) is 2.89. The smallest absolute Gasteiger partial charge is 0.127 e. The van der Waals surface area contributed by atoms with E-state index < -0.39 is 0 Å². The van der Waals surface area contributed by atoms with E-state index >= 15 is 0 Å². The first kappa shape index (κ1) is 13.9. The molecule has 2 aliphatic heterocycles. The molecule has 1 aromatic carbocycles. The van der Waals surface area contributed by atoms with Crippen molar-refractivity contribution >= 4 is 0 Å². The van der Waals surface area contributed by atoms with E-state index in [1.54, 1.807) is 0 Å². The number of hydrogen-bond acceptors (Lipinski definition) is 4. The van der Waals surface area contributed by atoms with E-state index in [-0.39, 0.29) is 11.7 Å². The van der Waals surface area contributed by atoms with Gasteiger partial charge in [-0.25, -0.2) is 0 Å². The molecule has 0 saturated carbocycles. The van der Waals surface area contributed by atoms with E-state index in [1.807, 2.05) is 12.1 Å². The maximum absolute atomic E-state index is 6.28.